The molecule has 3 aromatic rings. The van der Waals surface area contributed by atoms with Gasteiger partial charge in [-0.2, -0.15) is 4.39 Å². The molecule has 2 heterocycles. The van der Waals surface area contributed by atoms with Crippen LogP contribution in [0.4, 0.5) is 8.78 Å². The van der Waals surface area contributed by atoms with E-state index in [4.69, 9.17) is 9.47 Å². The minimum Gasteiger partial charge on any atom is -0.508 e. The van der Waals surface area contributed by atoms with Crippen molar-refractivity contribution in [2.24, 2.45) is 5.92 Å². The zero-order valence-corrected chi connectivity index (χ0v) is 21.2. The van der Waals surface area contributed by atoms with Gasteiger partial charge in [-0.05, 0) is 78.9 Å². The van der Waals surface area contributed by atoms with Gasteiger partial charge in [0, 0.05) is 30.3 Å². The van der Waals surface area contributed by atoms with Crippen molar-refractivity contribution in [2.45, 2.75) is 39.3 Å². The highest BCUT2D eigenvalue weighted by atomic mass is 19.2. The monoisotopic (exact) mass is 507 g/mol. The highest BCUT2D eigenvalue weighted by Gasteiger charge is 2.31. The number of aromatic hydroxyl groups is 2. The highest BCUT2D eigenvalue weighted by molar-refractivity contribution is 5.96. The first-order valence-corrected chi connectivity index (χ1v) is 12.6. The summed E-state index contributed by atoms with van der Waals surface area (Å²) in [7, 11) is 0. The van der Waals surface area contributed by atoms with Gasteiger partial charge >= 0.3 is 0 Å². The number of hydrogen-bond acceptors (Lipinski definition) is 5. The molecule has 7 heteroatoms. The molecule has 2 aliphatic rings. The number of benzene rings is 3. The molecule has 0 amide bonds. The molecule has 0 aliphatic carbocycles. The highest BCUT2D eigenvalue weighted by Crippen LogP contribution is 2.48. The molecule has 1 unspecified atom stereocenters. The molecule has 5 rings (SSSR count). The van der Waals surface area contributed by atoms with Gasteiger partial charge in [0.1, 0.15) is 30.0 Å². The van der Waals surface area contributed by atoms with E-state index in [1.165, 1.54) is 18.6 Å². The molecule has 0 aromatic heterocycles. The summed E-state index contributed by atoms with van der Waals surface area (Å²) in [5, 5.41) is 20.0. The molecular weight excluding hydrogens is 476 g/mol. The minimum absolute atomic E-state index is 0.0619. The Labute approximate surface area is 215 Å². The zero-order chi connectivity index (χ0) is 26.3. The number of phenolic OH excluding ortho intramolecular Hbond substituents is 2. The second kappa shape index (κ2) is 10.1. The van der Waals surface area contributed by atoms with Gasteiger partial charge in [-0.25, -0.2) is 4.39 Å². The Morgan fingerprint density at radius 2 is 1.78 bits per heavy atom. The SMILES string of the molecule is CCC1CN([C@@H](C)COc2ccc(C3Oc4ccc(O)cc4C(C)=C3c3cc(O)c(F)c(F)c3)cc2)C1. The lowest BCUT2D eigenvalue weighted by molar-refractivity contribution is 0.0361. The molecule has 1 fully saturated rings. The Balaban J connectivity index is 1.43. The van der Waals surface area contributed by atoms with Crippen LogP contribution in [-0.2, 0) is 0 Å². The molecule has 0 bridgehead atoms. The summed E-state index contributed by atoms with van der Waals surface area (Å²) in [6.07, 6.45) is 0.557. The van der Waals surface area contributed by atoms with Crippen molar-refractivity contribution in [2.75, 3.05) is 19.7 Å². The predicted molar refractivity (Wildman–Crippen MR) is 139 cm³/mol. The van der Waals surface area contributed by atoms with Crippen LogP contribution in [0.25, 0.3) is 11.1 Å². The van der Waals surface area contributed by atoms with E-state index in [1.807, 2.05) is 31.2 Å². The fourth-order valence-electron chi connectivity index (χ4n) is 5.06. The molecule has 194 valence electrons. The molecule has 0 saturated carbocycles. The standard InChI is InChI=1S/C30H31F2NO4/c1-4-19-14-33(15-19)17(2)16-36-23-8-5-20(6-9-23)30-28(21-11-25(31)29(32)26(35)12-21)18(3)24-13-22(34)7-10-27(24)37-30/h5-13,17,19,30,34-35H,4,14-16H2,1-3H3/t17-,30?/m0/s1. The maximum absolute atomic E-state index is 14.3. The van der Waals surface area contributed by atoms with Crippen molar-refractivity contribution in [3.05, 3.63) is 82.9 Å². The summed E-state index contributed by atoms with van der Waals surface area (Å²) >= 11 is 0. The number of allylic oxidation sites excluding steroid dienone is 1. The third-order valence-electron chi connectivity index (χ3n) is 7.46. The molecule has 2 atom stereocenters. The number of nitrogens with zero attached hydrogens (tertiary/aromatic N) is 1. The lowest BCUT2D eigenvalue weighted by Crippen LogP contribution is -2.52. The summed E-state index contributed by atoms with van der Waals surface area (Å²) in [5.41, 5.74) is 3.01. The summed E-state index contributed by atoms with van der Waals surface area (Å²) in [5.74, 6) is -1.09. The van der Waals surface area contributed by atoms with Gasteiger partial charge in [0.05, 0.1) is 0 Å². The number of phenols is 2. The summed E-state index contributed by atoms with van der Waals surface area (Å²) < 4.78 is 40.5. The minimum atomic E-state index is -1.30. The first-order chi connectivity index (χ1) is 17.7. The van der Waals surface area contributed by atoms with E-state index in [0.29, 0.717) is 35.1 Å². The van der Waals surface area contributed by atoms with Crippen LogP contribution in [0.3, 0.4) is 0 Å². The number of halogens is 2. The van der Waals surface area contributed by atoms with Crippen LogP contribution in [-0.4, -0.2) is 40.9 Å². The van der Waals surface area contributed by atoms with Gasteiger partial charge in [0.15, 0.2) is 17.4 Å². The first-order valence-electron chi connectivity index (χ1n) is 12.6. The van der Waals surface area contributed by atoms with Gasteiger partial charge in [-0.15, -0.1) is 0 Å². The lowest BCUT2D eigenvalue weighted by Gasteiger charge is -2.42. The normalized spacial score (nSPS) is 18.7. The number of rotatable bonds is 7. The second-order valence-electron chi connectivity index (χ2n) is 9.97. The fraction of sp³-hybridized carbons (Fsp3) is 0.333. The topological polar surface area (TPSA) is 62.2 Å². The maximum atomic E-state index is 14.3. The van der Waals surface area contributed by atoms with Gasteiger partial charge in [-0.1, -0.05) is 25.5 Å². The largest absolute Gasteiger partial charge is 0.508 e. The van der Waals surface area contributed by atoms with Crippen molar-refractivity contribution in [3.63, 3.8) is 0 Å². The smallest absolute Gasteiger partial charge is 0.200 e. The van der Waals surface area contributed by atoms with Crippen molar-refractivity contribution in [1.82, 2.24) is 4.90 Å². The third-order valence-corrected chi connectivity index (χ3v) is 7.46. The predicted octanol–water partition coefficient (Wildman–Crippen LogP) is 6.55. The molecule has 3 aromatic carbocycles. The molecule has 2 aliphatic heterocycles. The molecular formula is C30H31F2NO4. The molecule has 0 radical (unpaired) electrons. The second-order valence-corrected chi connectivity index (χ2v) is 9.97. The van der Waals surface area contributed by atoms with Crippen molar-refractivity contribution >= 4 is 11.1 Å². The van der Waals surface area contributed by atoms with E-state index in [9.17, 15) is 19.0 Å². The number of ether oxygens (including phenoxy) is 2. The van der Waals surface area contributed by atoms with Gasteiger partial charge in [-0.3, -0.25) is 4.90 Å². The first kappa shape index (κ1) is 25.1. The maximum Gasteiger partial charge on any atom is 0.200 e. The van der Waals surface area contributed by atoms with Crippen LogP contribution in [0.2, 0.25) is 0 Å². The Hall–Kier alpha value is -3.58. The number of hydrogen-bond donors (Lipinski definition) is 2. The van der Waals surface area contributed by atoms with Gasteiger partial charge in [0.2, 0.25) is 0 Å². The van der Waals surface area contributed by atoms with E-state index in [0.717, 1.165) is 42.0 Å². The van der Waals surface area contributed by atoms with Gasteiger partial charge in [0.25, 0.3) is 0 Å². The van der Waals surface area contributed by atoms with Crippen molar-refractivity contribution in [3.8, 4) is 23.0 Å². The Kier molecular flexibility index (Phi) is 6.82. The molecule has 5 nitrogen and oxygen atoms in total. The molecule has 1 saturated heterocycles. The van der Waals surface area contributed by atoms with Crippen LogP contribution < -0.4 is 9.47 Å². The van der Waals surface area contributed by atoms with Gasteiger partial charge < -0.3 is 19.7 Å². The summed E-state index contributed by atoms with van der Waals surface area (Å²) in [6, 6.07) is 14.9. The van der Waals surface area contributed by atoms with Crippen molar-refractivity contribution < 1.29 is 28.5 Å². The lowest BCUT2D eigenvalue weighted by atomic mass is 9.86. The van der Waals surface area contributed by atoms with E-state index in [2.05, 4.69) is 18.7 Å². The molecule has 2 N–H and O–H groups in total. The van der Waals surface area contributed by atoms with E-state index >= 15 is 0 Å². The van der Waals surface area contributed by atoms with E-state index in [1.54, 1.807) is 12.1 Å². The number of likely N-dealkylation sites (tertiary alicyclic amines) is 1. The average Bonchev–Trinajstić information content (AvgIpc) is 2.85. The fourth-order valence-corrected chi connectivity index (χ4v) is 5.06. The Morgan fingerprint density at radius 3 is 2.46 bits per heavy atom. The quantitative estimate of drug-likeness (QED) is 0.380. The van der Waals surface area contributed by atoms with Crippen LogP contribution >= 0.6 is 0 Å². The van der Waals surface area contributed by atoms with Crippen LogP contribution in [0.5, 0.6) is 23.0 Å². The average molecular weight is 508 g/mol. The summed E-state index contributed by atoms with van der Waals surface area (Å²) in [4.78, 5) is 2.42. The van der Waals surface area contributed by atoms with Crippen molar-refractivity contribution in [1.29, 1.82) is 0 Å². The van der Waals surface area contributed by atoms with E-state index in [-0.39, 0.29) is 5.75 Å². The van der Waals surface area contributed by atoms with Crippen LogP contribution in [0, 0.1) is 17.6 Å². The van der Waals surface area contributed by atoms with Crippen LogP contribution in [0.1, 0.15) is 50.0 Å². The Bertz CT molecular complexity index is 1310. The zero-order valence-electron chi connectivity index (χ0n) is 21.2. The van der Waals surface area contributed by atoms with E-state index < -0.39 is 23.5 Å². The van der Waals surface area contributed by atoms with Crippen LogP contribution in [0.15, 0.2) is 54.6 Å². The molecule has 0 spiro atoms. The Morgan fingerprint density at radius 1 is 1.05 bits per heavy atom. The molecule has 37 heavy (non-hydrogen) atoms. The third kappa shape index (κ3) is 4.88. The summed E-state index contributed by atoms with van der Waals surface area (Å²) in [6.45, 7) is 9.05. The number of fused-ring (bicyclic) bond motifs is 1.